The van der Waals surface area contributed by atoms with E-state index in [1.807, 2.05) is 0 Å². The minimum Gasteiger partial charge on any atom is -0.406 e. The molecule has 2 aromatic rings. The third-order valence-corrected chi connectivity index (χ3v) is 6.90. The molecule has 5 nitrogen and oxygen atoms in total. The van der Waals surface area contributed by atoms with Crippen molar-refractivity contribution >= 4 is 9.84 Å². The van der Waals surface area contributed by atoms with Crippen LogP contribution in [0, 0.1) is 5.82 Å². The van der Waals surface area contributed by atoms with Gasteiger partial charge in [0.05, 0.1) is 10.6 Å². The van der Waals surface area contributed by atoms with Gasteiger partial charge in [0.25, 0.3) is 0 Å². The fourth-order valence-corrected chi connectivity index (χ4v) is 4.76. The molecule has 0 bridgehead atoms. The maximum absolute atomic E-state index is 13.0. The van der Waals surface area contributed by atoms with Gasteiger partial charge in [0.1, 0.15) is 11.6 Å². The zero-order valence-electron chi connectivity index (χ0n) is 16.8. The van der Waals surface area contributed by atoms with Crippen LogP contribution in [-0.4, -0.2) is 63.1 Å². The van der Waals surface area contributed by atoms with E-state index in [0.717, 1.165) is 43.9 Å². The largest absolute Gasteiger partial charge is 0.573 e. The first-order valence-corrected chi connectivity index (χ1v) is 11.5. The van der Waals surface area contributed by atoms with E-state index in [9.17, 15) is 26.0 Å². The third-order valence-electron chi connectivity index (χ3n) is 5.09. The third kappa shape index (κ3) is 7.48. The van der Waals surface area contributed by atoms with Crippen molar-refractivity contribution in [3.05, 3.63) is 59.9 Å². The van der Waals surface area contributed by atoms with Crippen molar-refractivity contribution in [1.29, 1.82) is 0 Å². The topological polar surface area (TPSA) is 49.9 Å². The Balaban J connectivity index is 1.39. The summed E-state index contributed by atoms with van der Waals surface area (Å²) in [7, 11) is -3.43. The van der Waals surface area contributed by atoms with Gasteiger partial charge in [-0.1, -0.05) is 12.1 Å². The van der Waals surface area contributed by atoms with Gasteiger partial charge >= 0.3 is 6.36 Å². The standard InChI is InChI=1S/C21H24F4N2O3S/c22-18-4-8-20(9-5-18)31(28,29)15-1-10-26-11-13-27(14-12-26)16-17-2-6-19(7-3-17)30-21(23,24)25/h2-9H,1,10-16H2. The first-order valence-electron chi connectivity index (χ1n) is 9.88. The normalized spacial score (nSPS) is 16.4. The van der Waals surface area contributed by atoms with Crippen LogP contribution in [0.2, 0.25) is 0 Å². The lowest BCUT2D eigenvalue weighted by molar-refractivity contribution is -0.274. The molecule has 1 aliphatic heterocycles. The summed E-state index contributed by atoms with van der Waals surface area (Å²) in [6.45, 7) is 4.41. The van der Waals surface area contributed by atoms with Gasteiger partial charge < -0.3 is 9.64 Å². The van der Waals surface area contributed by atoms with Crippen molar-refractivity contribution in [2.75, 3.05) is 38.5 Å². The molecule has 0 N–H and O–H groups in total. The molecule has 0 saturated carbocycles. The summed E-state index contributed by atoms with van der Waals surface area (Å²) in [6, 6.07) is 10.7. The molecule has 0 spiro atoms. The van der Waals surface area contributed by atoms with E-state index < -0.39 is 22.0 Å². The predicted octanol–water partition coefficient (Wildman–Crippen LogP) is 3.71. The number of hydrogen-bond donors (Lipinski definition) is 0. The lowest BCUT2D eigenvalue weighted by atomic mass is 10.2. The predicted molar refractivity (Wildman–Crippen MR) is 108 cm³/mol. The van der Waals surface area contributed by atoms with Crippen LogP contribution < -0.4 is 4.74 Å². The summed E-state index contributed by atoms with van der Waals surface area (Å²) >= 11 is 0. The molecule has 31 heavy (non-hydrogen) atoms. The van der Waals surface area contributed by atoms with Crippen LogP contribution in [0.1, 0.15) is 12.0 Å². The number of rotatable bonds is 8. The maximum Gasteiger partial charge on any atom is 0.573 e. The van der Waals surface area contributed by atoms with E-state index >= 15 is 0 Å². The first-order chi connectivity index (χ1) is 14.6. The van der Waals surface area contributed by atoms with Crippen molar-refractivity contribution in [3.8, 4) is 5.75 Å². The molecule has 1 fully saturated rings. The Hall–Kier alpha value is -2.17. The van der Waals surface area contributed by atoms with E-state index in [1.165, 1.54) is 24.3 Å². The summed E-state index contributed by atoms with van der Waals surface area (Å²) in [5.74, 6) is -0.704. The molecule has 10 heteroatoms. The minimum absolute atomic E-state index is 0.00515. The molecule has 0 unspecified atom stereocenters. The van der Waals surface area contributed by atoms with Gasteiger partial charge in [0.15, 0.2) is 9.84 Å². The van der Waals surface area contributed by atoms with E-state index in [4.69, 9.17) is 0 Å². The molecule has 170 valence electrons. The summed E-state index contributed by atoms with van der Waals surface area (Å²) in [5.41, 5.74) is 0.897. The highest BCUT2D eigenvalue weighted by atomic mass is 32.2. The van der Waals surface area contributed by atoms with Gasteiger partial charge in [-0.15, -0.1) is 13.2 Å². The minimum atomic E-state index is -4.70. The molecule has 3 rings (SSSR count). The van der Waals surface area contributed by atoms with Crippen molar-refractivity contribution in [1.82, 2.24) is 9.80 Å². The van der Waals surface area contributed by atoms with Crippen molar-refractivity contribution in [3.63, 3.8) is 0 Å². The number of piperazine rings is 1. The van der Waals surface area contributed by atoms with Gasteiger partial charge in [-0.2, -0.15) is 0 Å². The Labute approximate surface area is 179 Å². The molecule has 2 aromatic carbocycles. The average molecular weight is 460 g/mol. The monoisotopic (exact) mass is 460 g/mol. The SMILES string of the molecule is O=S(=O)(CCCN1CCN(Cc2ccc(OC(F)(F)F)cc2)CC1)c1ccc(F)cc1. The first kappa shape index (κ1) is 23.5. The van der Waals surface area contributed by atoms with Crippen molar-refractivity contribution < 1.29 is 30.7 Å². The number of benzene rings is 2. The molecular formula is C21H24F4N2O3S. The van der Waals surface area contributed by atoms with Crippen LogP contribution >= 0.6 is 0 Å². The Morgan fingerprint density at radius 2 is 1.45 bits per heavy atom. The molecule has 0 radical (unpaired) electrons. The average Bonchev–Trinajstić information content (AvgIpc) is 2.70. The second kappa shape index (κ2) is 9.97. The van der Waals surface area contributed by atoms with Gasteiger partial charge in [-0.25, -0.2) is 12.8 Å². The van der Waals surface area contributed by atoms with Gasteiger partial charge in [0, 0.05) is 32.7 Å². The quantitative estimate of drug-likeness (QED) is 0.444. The Bertz CT molecular complexity index is 940. The summed E-state index contributed by atoms with van der Waals surface area (Å²) in [4.78, 5) is 4.52. The second-order valence-corrected chi connectivity index (χ2v) is 9.55. The number of sulfone groups is 1. The smallest absolute Gasteiger partial charge is 0.406 e. The van der Waals surface area contributed by atoms with Gasteiger partial charge in [0.2, 0.25) is 0 Å². The molecule has 1 heterocycles. The molecule has 0 aromatic heterocycles. The van der Waals surface area contributed by atoms with Crippen LogP contribution in [0.4, 0.5) is 17.6 Å². The highest BCUT2D eigenvalue weighted by molar-refractivity contribution is 7.91. The zero-order chi connectivity index (χ0) is 22.5. The van der Waals surface area contributed by atoms with Gasteiger partial charge in [-0.3, -0.25) is 4.90 Å². The molecule has 0 aliphatic carbocycles. The number of alkyl halides is 3. The van der Waals surface area contributed by atoms with Crippen molar-refractivity contribution in [2.45, 2.75) is 24.2 Å². The lowest BCUT2D eigenvalue weighted by Crippen LogP contribution is -2.46. The number of halogens is 4. The molecule has 1 aliphatic rings. The Morgan fingerprint density at radius 1 is 0.871 bits per heavy atom. The summed E-state index contributed by atoms with van der Waals surface area (Å²) in [5, 5.41) is 0. The lowest BCUT2D eigenvalue weighted by Gasteiger charge is -2.34. The fraction of sp³-hybridized carbons (Fsp3) is 0.429. The molecule has 0 amide bonds. The highest BCUT2D eigenvalue weighted by Gasteiger charge is 2.31. The second-order valence-electron chi connectivity index (χ2n) is 7.44. The van der Waals surface area contributed by atoms with Crippen LogP contribution in [-0.2, 0) is 16.4 Å². The number of ether oxygens (including phenoxy) is 1. The number of hydrogen-bond acceptors (Lipinski definition) is 5. The van der Waals surface area contributed by atoms with E-state index in [0.29, 0.717) is 19.5 Å². The number of nitrogens with zero attached hydrogens (tertiary/aromatic N) is 2. The summed E-state index contributed by atoms with van der Waals surface area (Å²) in [6.07, 6.45) is -4.21. The Morgan fingerprint density at radius 3 is 2.03 bits per heavy atom. The van der Waals surface area contributed by atoms with Crippen LogP contribution in [0.3, 0.4) is 0 Å². The van der Waals surface area contributed by atoms with E-state index in [2.05, 4.69) is 14.5 Å². The molecule has 0 atom stereocenters. The van der Waals surface area contributed by atoms with Crippen LogP contribution in [0.5, 0.6) is 5.75 Å². The molecule has 1 saturated heterocycles. The summed E-state index contributed by atoms with van der Waals surface area (Å²) < 4.78 is 78.2. The van der Waals surface area contributed by atoms with Gasteiger partial charge in [-0.05, 0) is 54.9 Å². The van der Waals surface area contributed by atoms with Crippen LogP contribution in [0.25, 0.3) is 0 Å². The fourth-order valence-electron chi connectivity index (χ4n) is 3.46. The maximum atomic E-state index is 13.0. The highest BCUT2D eigenvalue weighted by Crippen LogP contribution is 2.23. The van der Waals surface area contributed by atoms with E-state index in [-0.39, 0.29) is 16.4 Å². The van der Waals surface area contributed by atoms with Crippen LogP contribution in [0.15, 0.2) is 53.4 Å². The zero-order valence-corrected chi connectivity index (χ0v) is 17.6. The molecular weight excluding hydrogens is 436 g/mol. The van der Waals surface area contributed by atoms with E-state index in [1.54, 1.807) is 12.1 Å². The Kier molecular flexibility index (Phi) is 7.55. The van der Waals surface area contributed by atoms with Crippen molar-refractivity contribution in [2.24, 2.45) is 0 Å².